The van der Waals surface area contributed by atoms with E-state index in [1.807, 2.05) is 31.2 Å². The molecule has 0 spiro atoms. The largest absolute Gasteiger partial charge is 0.494 e. The third kappa shape index (κ3) is 3.83. The summed E-state index contributed by atoms with van der Waals surface area (Å²) >= 11 is 6.14. The topological polar surface area (TPSA) is 66.8 Å². The van der Waals surface area contributed by atoms with Crippen molar-refractivity contribution in [1.29, 1.82) is 0 Å². The summed E-state index contributed by atoms with van der Waals surface area (Å²) in [5.41, 5.74) is 0.803. The zero-order chi connectivity index (χ0) is 15.4. The van der Waals surface area contributed by atoms with Crippen LogP contribution in [0.5, 0.6) is 5.75 Å². The van der Waals surface area contributed by atoms with E-state index in [4.69, 9.17) is 22.1 Å². The number of carboxylic acids is 1. The third-order valence-electron chi connectivity index (χ3n) is 2.63. The molecule has 1 saturated heterocycles. The SMILES string of the molecule is CCOc1cccc(C=C2SC(=S)N(CC(=O)O)C2=O)c1. The van der Waals surface area contributed by atoms with E-state index in [0.29, 0.717) is 17.3 Å². The number of thioether (sulfide) groups is 1. The maximum absolute atomic E-state index is 12.1. The monoisotopic (exact) mass is 323 g/mol. The number of aliphatic carboxylic acids is 1. The molecule has 1 N–H and O–H groups in total. The molecule has 0 radical (unpaired) electrons. The summed E-state index contributed by atoms with van der Waals surface area (Å²) in [6, 6.07) is 7.31. The third-order valence-corrected chi connectivity index (χ3v) is 4.01. The average Bonchev–Trinajstić information content (AvgIpc) is 2.67. The highest BCUT2D eigenvalue weighted by molar-refractivity contribution is 8.26. The molecule has 0 unspecified atom stereocenters. The Hall–Kier alpha value is -1.86. The molecule has 0 aromatic heterocycles. The van der Waals surface area contributed by atoms with Crippen LogP contribution >= 0.6 is 24.0 Å². The van der Waals surface area contributed by atoms with Gasteiger partial charge in [0, 0.05) is 0 Å². The second-order valence-electron chi connectivity index (χ2n) is 4.17. The van der Waals surface area contributed by atoms with Gasteiger partial charge in [0.15, 0.2) is 0 Å². The van der Waals surface area contributed by atoms with Crippen LogP contribution < -0.4 is 4.74 Å². The fraction of sp³-hybridized carbons (Fsp3) is 0.214. The minimum absolute atomic E-state index is 0.259. The highest BCUT2D eigenvalue weighted by Crippen LogP contribution is 2.32. The van der Waals surface area contributed by atoms with E-state index in [1.165, 1.54) is 0 Å². The molecule has 0 saturated carbocycles. The lowest BCUT2D eigenvalue weighted by Gasteiger charge is -2.10. The second-order valence-corrected chi connectivity index (χ2v) is 5.84. The number of benzene rings is 1. The molecular formula is C14H13NO4S2. The molecule has 2 rings (SSSR count). The number of carbonyl (C=O) groups is 2. The summed E-state index contributed by atoms with van der Waals surface area (Å²) in [4.78, 5) is 24.3. The van der Waals surface area contributed by atoms with Gasteiger partial charge < -0.3 is 9.84 Å². The van der Waals surface area contributed by atoms with Crippen molar-refractivity contribution in [3.8, 4) is 5.75 Å². The van der Waals surface area contributed by atoms with Gasteiger partial charge in [0.05, 0.1) is 11.5 Å². The molecule has 0 aliphatic carbocycles. The molecule has 110 valence electrons. The summed E-state index contributed by atoms with van der Waals surface area (Å²) in [5, 5.41) is 8.78. The zero-order valence-electron chi connectivity index (χ0n) is 11.2. The van der Waals surface area contributed by atoms with Gasteiger partial charge in [0.2, 0.25) is 0 Å². The second kappa shape index (κ2) is 6.73. The molecule has 0 atom stereocenters. The molecule has 1 fully saturated rings. The Bertz CT molecular complexity index is 627. The molecule has 1 aromatic carbocycles. The van der Waals surface area contributed by atoms with Gasteiger partial charge in [-0.05, 0) is 30.7 Å². The normalized spacial score (nSPS) is 16.6. The minimum atomic E-state index is -1.09. The van der Waals surface area contributed by atoms with Gasteiger partial charge in [0.25, 0.3) is 5.91 Å². The van der Waals surface area contributed by atoms with E-state index in [0.717, 1.165) is 22.2 Å². The zero-order valence-corrected chi connectivity index (χ0v) is 12.9. The summed E-state index contributed by atoms with van der Waals surface area (Å²) in [5.74, 6) is -0.757. The summed E-state index contributed by atoms with van der Waals surface area (Å²) in [6.07, 6.45) is 1.68. The first-order chi connectivity index (χ1) is 10.0. The Balaban J connectivity index is 2.22. The molecule has 1 heterocycles. The predicted octanol–water partition coefficient (Wildman–Crippen LogP) is 2.37. The fourth-order valence-corrected chi connectivity index (χ4v) is 3.04. The highest BCUT2D eigenvalue weighted by Gasteiger charge is 2.33. The number of rotatable bonds is 5. The smallest absolute Gasteiger partial charge is 0.323 e. The van der Waals surface area contributed by atoms with E-state index >= 15 is 0 Å². The Kier molecular flexibility index (Phi) is 4.98. The molecular weight excluding hydrogens is 310 g/mol. The van der Waals surface area contributed by atoms with Crippen molar-refractivity contribution in [2.45, 2.75) is 6.92 Å². The van der Waals surface area contributed by atoms with Gasteiger partial charge >= 0.3 is 5.97 Å². The number of amides is 1. The van der Waals surface area contributed by atoms with Crippen molar-refractivity contribution in [2.24, 2.45) is 0 Å². The van der Waals surface area contributed by atoms with Crippen LogP contribution in [-0.4, -0.2) is 39.4 Å². The molecule has 21 heavy (non-hydrogen) atoms. The lowest BCUT2D eigenvalue weighted by Crippen LogP contribution is -2.33. The van der Waals surface area contributed by atoms with Crippen LogP contribution in [0.4, 0.5) is 0 Å². The van der Waals surface area contributed by atoms with Gasteiger partial charge in [-0.1, -0.05) is 36.1 Å². The molecule has 5 nitrogen and oxygen atoms in total. The molecule has 1 amide bonds. The van der Waals surface area contributed by atoms with Crippen molar-refractivity contribution >= 4 is 46.3 Å². The molecule has 0 bridgehead atoms. The Morgan fingerprint density at radius 2 is 2.29 bits per heavy atom. The number of hydrogen-bond acceptors (Lipinski definition) is 5. The van der Waals surface area contributed by atoms with Crippen LogP contribution in [0, 0.1) is 0 Å². The van der Waals surface area contributed by atoms with Crippen molar-refractivity contribution < 1.29 is 19.4 Å². The molecule has 1 aliphatic rings. The lowest BCUT2D eigenvalue weighted by atomic mass is 10.2. The van der Waals surface area contributed by atoms with Crippen LogP contribution in [0.2, 0.25) is 0 Å². The van der Waals surface area contributed by atoms with Crippen LogP contribution in [0.3, 0.4) is 0 Å². The van der Waals surface area contributed by atoms with Crippen molar-refractivity contribution in [1.82, 2.24) is 4.90 Å². The number of carboxylic acid groups (broad SMARTS) is 1. The summed E-state index contributed by atoms with van der Waals surface area (Å²) in [7, 11) is 0. The Labute approximate surface area is 131 Å². The van der Waals surface area contributed by atoms with E-state index in [-0.39, 0.29) is 10.2 Å². The standard InChI is InChI=1S/C14H13NO4S2/c1-2-19-10-5-3-4-9(6-10)7-11-13(18)15(8-12(16)17)14(20)21-11/h3-7H,2,8H2,1H3,(H,16,17). The molecule has 1 aliphatic heterocycles. The van der Waals surface area contributed by atoms with Gasteiger partial charge in [-0.3, -0.25) is 14.5 Å². The van der Waals surface area contributed by atoms with Crippen LogP contribution in [0.15, 0.2) is 29.2 Å². The Morgan fingerprint density at radius 3 is 2.95 bits per heavy atom. The van der Waals surface area contributed by atoms with E-state index in [1.54, 1.807) is 6.08 Å². The number of nitrogens with zero attached hydrogens (tertiary/aromatic N) is 1. The fourth-order valence-electron chi connectivity index (χ4n) is 1.78. The van der Waals surface area contributed by atoms with Gasteiger partial charge in [-0.2, -0.15) is 0 Å². The van der Waals surface area contributed by atoms with E-state index in [2.05, 4.69) is 0 Å². The lowest BCUT2D eigenvalue weighted by molar-refractivity contribution is -0.140. The number of carbonyl (C=O) groups excluding carboxylic acids is 1. The number of hydrogen-bond donors (Lipinski definition) is 1. The maximum Gasteiger partial charge on any atom is 0.323 e. The minimum Gasteiger partial charge on any atom is -0.494 e. The van der Waals surface area contributed by atoms with Crippen molar-refractivity contribution in [2.75, 3.05) is 13.2 Å². The van der Waals surface area contributed by atoms with Gasteiger partial charge in [0.1, 0.15) is 16.6 Å². The van der Waals surface area contributed by atoms with Crippen molar-refractivity contribution in [3.63, 3.8) is 0 Å². The first-order valence-corrected chi connectivity index (χ1v) is 7.43. The molecule has 1 aromatic rings. The highest BCUT2D eigenvalue weighted by atomic mass is 32.2. The summed E-state index contributed by atoms with van der Waals surface area (Å²) in [6.45, 7) is 2.04. The molecule has 7 heteroatoms. The maximum atomic E-state index is 12.1. The average molecular weight is 323 g/mol. The first-order valence-electron chi connectivity index (χ1n) is 6.21. The van der Waals surface area contributed by atoms with E-state index < -0.39 is 12.5 Å². The summed E-state index contributed by atoms with van der Waals surface area (Å²) < 4.78 is 5.66. The predicted molar refractivity (Wildman–Crippen MR) is 85.1 cm³/mol. The van der Waals surface area contributed by atoms with Gasteiger partial charge in [-0.15, -0.1) is 0 Å². The Morgan fingerprint density at radius 1 is 1.52 bits per heavy atom. The van der Waals surface area contributed by atoms with Crippen LogP contribution in [0.1, 0.15) is 12.5 Å². The number of ether oxygens (including phenoxy) is 1. The number of thiocarbonyl (C=S) groups is 1. The van der Waals surface area contributed by atoms with Crippen LogP contribution in [-0.2, 0) is 9.59 Å². The van der Waals surface area contributed by atoms with Crippen LogP contribution in [0.25, 0.3) is 6.08 Å². The quantitative estimate of drug-likeness (QED) is 0.663. The van der Waals surface area contributed by atoms with Crippen molar-refractivity contribution in [3.05, 3.63) is 34.7 Å². The van der Waals surface area contributed by atoms with E-state index in [9.17, 15) is 9.59 Å². The van der Waals surface area contributed by atoms with Gasteiger partial charge in [-0.25, -0.2) is 0 Å². The first kappa shape index (κ1) is 15.5.